The predicted octanol–water partition coefficient (Wildman–Crippen LogP) is 2.86. The molecule has 0 N–H and O–H groups in total. The van der Waals surface area contributed by atoms with Crippen LogP contribution < -0.4 is 0 Å². The number of hydrogen-bond acceptors (Lipinski definition) is 4. The maximum absolute atomic E-state index is 8.33. The highest BCUT2D eigenvalue weighted by molar-refractivity contribution is 8.03. The Balaban J connectivity index is 3.71. The highest BCUT2D eigenvalue weighted by Gasteiger charge is 2.04. The van der Waals surface area contributed by atoms with Crippen molar-refractivity contribution in [2.45, 2.75) is 32.2 Å². The Kier molecular flexibility index (Phi) is 8.47. The van der Waals surface area contributed by atoms with E-state index in [-0.39, 0.29) is 6.04 Å². The number of thioether (sulfide) groups is 1. The average Bonchev–Trinajstić information content (AvgIpc) is 2.10. The zero-order valence-electron chi connectivity index (χ0n) is 7.12. The van der Waals surface area contributed by atoms with Gasteiger partial charge in [-0.3, -0.25) is 0 Å². The number of nitriles is 1. The molecule has 1 unspecified atom stereocenters. The predicted molar refractivity (Wildman–Crippen MR) is 56.4 cm³/mol. The molecule has 0 radical (unpaired) electrons. The number of hydrogen-bond donors (Lipinski definition) is 0. The zero-order chi connectivity index (χ0) is 9.23. The summed E-state index contributed by atoms with van der Waals surface area (Å²) >= 11 is 5.75. The van der Waals surface area contributed by atoms with Crippen LogP contribution in [-0.4, -0.2) is 17.0 Å². The normalized spacial score (nSPS) is 11.3. The van der Waals surface area contributed by atoms with Crippen LogP contribution in [0.15, 0.2) is 4.99 Å². The Morgan fingerprint density at radius 3 is 2.92 bits per heavy atom. The van der Waals surface area contributed by atoms with Gasteiger partial charge in [-0.15, -0.1) is 0 Å². The van der Waals surface area contributed by atoms with Crippen molar-refractivity contribution >= 4 is 29.1 Å². The summed E-state index contributed by atoms with van der Waals surface area (Å²) in [5.74, 6) is 0.736. The van der Waals surface area contributed by atoms with E-state index in [4.69, 9.17) is 5.26 Å². The molecule has 66 valence electrons. The SMILES string of the molecule is CCCCC(CSC#N)N=C=S. The summed E-state index contributed by atoms with van der Waals surface area (Å²) in [6, 6.07) is 0.187. The molecule has 1 atom stereocenters. The van der Waals surface area contributed by atoms with Crippen LogP contribution in [0.3, 0.4) is 0 Å². The van der Waals surface area contributed by atoms with Gasteiger partial charge in [-0.25, -0.2) is 4.99 Å². The van der Waals surface area contributed by atoms with E-state index >= 15 is 0 Å². The van der Waals surface area contributed by atoms with E-state index in [0.717, 1.165) is 25.0 Å². The quantitative estimate of drug-likeness (QED) is 0.376. The second-order valence-corrected chi connectivity index (χ2v) is 3.41. The molecular weight excluding hydrogens is 188 g/mol. The number of thiocarbonyl (C=S) groups is 1. The van der Waals surface area contributed by atoms with Crippen LogP contribution in [-0.2, 0) is 0 Å². The number of nitrogens with zero attached hydrogens (tertiary/aromatic N) is 2. The van der Waals surface area contributed by atoms with Crippen molar-refractivity contribution in [1.29, 1.82) is 5.26 Å². The monoisotopic (exact) mass is 200 g/mol. The topological polar surface area (TPSA) is 36.1 Å². The zero-order valence-corrected chi connectivity index (χ0v) is 8.75. The highest BCUT2D eigenvalue weighted by atomic mass is 32.2. The summed E-state index contributed by atoms with van der Waals surface area (Å²) in [6.45, 7) is 2.13. The Bertz CT molecular complexity index is 192. The van der Waals surface area contributed by atoms with Gasteiger partial charge < -0.3 is 0 Å². The minimum absolute atomic E-state index is 0.187. The Morgan fingerprint density at radius 2 is 2.42 bits per heavy atom. The lowest BCUT2D eigenvalue weighted by Crippen LogP contribution is -2.06. The van der Waals surface area contributed by atoms with Gasteiger partial charge in [-0.2, -0.15) is 5.26 Å². The van der Waals surface area contributed by atoms with E-state index in [1.807, 2.05) is 5.40 Å². The van der Waals surface area contributed by atoms with Gasteiger partial charge in [-0.05, 0) is 30.4 Å². The highest BCUT2D eigenvalue weighted by Crippen LogP contribution is 2.10. The maximum Gasteiger partial charge on any atom is 0.133 e. The molecule has 2 nitrogen and oxygen atoms in total. The van der Waals surface area contributed by atoms with Gasteiger partial charge in [0.15, 0.2) is 0 Å². The first kappa shape index (κ1) is 11.6. The molecule has 0 aliphatic rings. The van der Waals surface area contributed by atoms with Crippen LogP contribution in [0.1, 0.15) is 26.2 Å². The minimum Gasteiger partial charge on any atom is -0.228 e. The van der Waals surface area contributed by atoms with Gasteiger partial charge in [0.25, 0.3) is 0 Å². The number of aliphatic imine (C=N–C) groups is 1. The van der Waals surface area contributed by atoms with E-state index in [0.29, 0.717) is 0 Å². The van der Waals surface area contributed by atoms with Crippen LogP contribution in [0.25, 0.3) is 0 Å². The number of thiocyanates is 1. The molecule has 4 heteroatoms. The number of rotatable bonds is 6. The lowest BCUT2D eigenvalue weighted by atomic mass is 10.1. The smallest absolute Gasteiger partial charge is 0.133 e. The molecule has 0 fully saturated rings. The summed E-state index contributed by atoms with van der Waals surface area (Å²) in [4.78, 5) is 3.99. The second-order valence-electron chi connectivity index (χ2n) is 2.42. The molecule has 0 spiro atoms. The first-order valence-electron chi connectivity index (χ1n) is 3.93. The fraction of sp³-hybridized carbons (Fsp3) is 0.750. The molecule has 0 aliphatic carbocycles. The van der Waals surface area contributed by atoms with Crippen molar-refractivity contribution in [3.63, 3.8) is 0 Å². The third kappa shape index (κ3) is 6.36. The number of unbranched alkanes of at least 4 members (excludes halogenated alkanes) is 1. The Morgan fingerprint density at radius 1 is 1.67 bits per heavy atom. The van der Waals surface area contributed by atoms with E-state index in [2.05, 4.69) is 29.3 Å². The van der Waals surface area contributed by atoms with Crippen molar-refractivity contribution in [2.24, 2.45) is 4.99 Å². The average molecular weight is 200 g/mol. The summed E-state index contributed by atoms with van der Waals surface area (Å²) in [7, 11) is 0. The summed E-state index contributed by atoms with van der Waals surface area (Å²) in [6.07, 6.45) is 3.30. The van der Waals surface area contributed by atoms with E-state index in [1.165, 1.54) is 11.8 Å². The van der Waals surface area contributed by atoms with Gasteiger partial charge in [0.2, 0.25) is 0 Å². The van der Waals surface area contributed by atoms with Crippen molar-refractivity contribution in [2.75, 3.05) is 5.75 Å². The van der Waals surface area contributed by atoms with E-state index in [1.54, 1.807) is 0 Å². The van der Waals surface area contributed by atoms with Crippen molar-refractivity contribution in [1.82, 2.24) is 0 Å². The molecule has 0 amide bonds. The van der Waals surface area contributed by atoms with Gasteiger partial charge in [0.1, 0.15) is 5.40 Å². The molecule has 0 rings (SSSR count). The summed E-state index contributed by atoms with van der Waals surface area (Å²) in [5.41, 5.74) is 0. The molecule has 0 aromatic rings. The fourth-order valence-corrected chi connectivity index (χ4v) is 1.49. The van der Waals surface area contributed by atoms with Crippen molar-refractivity contribution in [3.05, 3.63) is 0 Å². The molecule has 0 saturated heterocycles. The molecule has 12 heavy (non-hydrogen) atoms. The summed E-state index contributed by atoms with van der Waals surface area (Å²) < 4.78 is 0. The van der Waals surface area contributed by atoms with Crippen molar-refractivity contribution in [3.8, 4) is 5.40 Å². The lowest BCUT2D eigenvalue weighted by molar-refractivity contribution is 0.627. The fourth-order valence-electron chi connectivity index (χ4n) is 0.833. The molecule has 0 aliphatic heterocycles. The van der Waals surface area contributed by atoms with Crippen LogP contribution in [0.5, 0.6) is 0 Å². The number of isothiocyanates is 1. The standard InChI is InChI=1S/C8H12N2S2/c1-2-3-4-8(10-7-11)5-12-6-9/h8H,2-5H2,1H3. The van der Waals surface area contributed by atoms with E-state index < -0.39 is 0 Å². The molecule has 0 heterocycles. The molecule has 0 bridgehead atoms. The first-order chi connectivity index (χ1) is 5.85. The first-order valence-corrected chi connectivity index (χ1v) is 5.32. The van der Waals surface area contributed by atoms with Crippen LogP contribution in [0.2, 0.25) is 0 Å². The molecule has 0 aromatic carbocycles. The van der Waals surface area contributed by atoms with Crippen LogP contribution in [0.4, 0.5) is 0 Å². The van der Waals surface area contributed by atoms with Gasteiger partial charge in [0, 0.05) is 5.75 Å². The Hall–Kier alpha value is -0.360. The van der Waals surface area contributed by atoms with Gasteiger partial charge >= 0.3 is 0 Å². The molecule has 0 aromatic heterocycles. The van der Waals surface area contributed by atoms with Crippen LogP contribution in [0, 0.1) is 10.7 Å². The van der Waals surface area contributed by atoms with E-state index in [9.17, 15) is 0 Å². The maximum atomic E-state index is 8.33. The molecular formula is C8H12N2S2. The summed E-state index contributed by atoms with van der Waals surface area (Å²) in [5, 5.41) is 12.7. The van der Waals surface area contributed by atoms with Crippen molar-refractivity contribution < 1.29 is 0 Å². The third-order valence-corrected chi connectivity index (χ3v) is 2.25. The van der Waals surface area contributed by atoms with Gasteiger partial charge in [0.05, 0.1) is 11.2 Å². The van der Waals surface area contributed by atoms with Gasteiger partial charge in [-0.1, -0.05) is 19.8 Å². The Labute approximate surface area is 83.1 Å². The minimum atomic E-state index is 0.187. The largest absolute Gasteiger partial charge is 0.228 e. The third-order valence-electron chi connectivity index (χ3n) is 1.47. The second kappa shape index (κ2) is 8.73. The lowest BCUT2D eigenvalue weighted by Gasteiger charge is -2.05. The van der Waals surface area contributed by atoms with Crippen LogP contribution >= 0.6 is 24.0 Å². The molecule has 0 saturated carbocycles.